The zero-order chi connectivity index (χ0) is 20.9. The van der Waals surface area contributed by atoms with Crippen molar-refractivity contribution < 1.29 is 9.59 Å². The first kappa shape index (κ1) is 18.2. The number of rotatable bonds is 3. The van der Waals surface area contributed by atoms with Crippen LogP contribution in [0.4, 0.5) is 5.82 Å². The molecule has 6 nitrogen and oxygen atoms in total. The molecule has 2 aliphatic rings. The van der Waals surface area contributed by atoms with E-state index in [-0.39, 0.29) is 17.4 Å². The molecule has 1 aliphatic heterocycles. The second-order valence-electron chi connectivity index (χ2n) is 8.04. The van der Waals surface area contributed by atoms with Crippen molar-refractivity contribution in [3.63, 3.8) is 0 Å². The van der Waals surface area contributed by atoms with Crippen LogP contribution in [0.2, 0.25) is 0 Å². The third kappa shape index (κ3) is 2.97. The Morgan fingerprint density at radius 2 is 1.83 bits per heavy atom. The minimum absolute atomic E-state index is 0.0291. The van der Waals surface area contributed by atoms with Gasteiger partial charge in [0.05, 0.1) is 11.2 Å². The molecule has 0 spiro atoms. The van der Waals surface area contributed by atoms with Crippen molar-refractivity contribution >= 4 is 23.2 Å². The lowest BCUT2D eigenvalue weighted by Crippen LogP contribution is -2.32. The van der Waals surface area contributed by atoms with E-state index in [2.05, 4.69) is 32.7 Å². The summed E-state index contributed by atoms with van der Waals surface area (Å²) in [7, 11) is 0. The standard InChI is InChI=1S/C24H20N4O2/c1-24(2)19-13-15(3-4-18(19)23(30)28-24)16-5-7-20-17(16)6-8-21(26-20)27-22(29)14-9-11-25-12-10-14/h3-6,8-13H,7H2,1-2H3,(H,28,30)(H,26,27,29). The maximum Gasteiger partial charge on any atom is 0.256 e. The van der Waals surface area contributed by atoms with E-state index in [1.165, 1.54) is 0 Å². The molecule has 148 valence electrons. The average molecular weight is 396 g/mol. The fourth-order valence-corrected chi connectivity index (χ4v) is 4.09. The predicted molar refractivity (Wildman–Crippen MR) is 114 cm³/mol. The Kier molecular flexibility index (Phi) is 4.03. The normalized spacial score (nSPS) is 15.8. The smallest absolute Gasteiger partial charge is 0.256 e. The minimum atomic E-state index is -0.385. The summed E-state index contributed by atoms with van der Waals surface area (Å²) < 4.78 is 0. The van der Waals surface area contributed by atoms with Crippen molar-refractivity contribution in [1.82, 2.24) is 15.3 Å². The molecule has 5 rings (SSSR count). The van der Waals surface area contributed by atoms with Crippen molar-refractivity contribution in [2.75, 3.05) is 5.32 Å². The molecule has 6 heteroatoms. The molecule has 3 aromatic rings. The topological polar surface area (TPSA) is 84.0 Å². The van der Waals surface area contributed by atoms with Gasteiger partial charge in [-0.3, -0.25) is 14.6 Å². The summed E-state index contributed by atoms with van der Waals surface area (Å²) in [6, 6.07) is 13.1. The highest BCUT2D eigenvalue weighted by Crippen LogP contribution is 2.37. The number of benzene rings is 1. The molecule has 0 saturated carbocycles. The molecule has 2 aromatic heterocycles. The summed E-state index contributed by atoms with van der Waals surface area (Å²) in [5.74, 6) is 0.280. The van der Waals surface area contributed by atoms with Gasteiger partial charge in [-0.15, -0.1) is 0 Å². The van der Waals surface area contributed by atoms with E-state index in [1.54, 1.807) is 24.5 Å². The van der Waals surface area contributed by atoms with Crippen LogP contribution in [0.5, 0.6) is 0 Å². The molecule has 0 fully saturated rings. The Hall–Kier alpha value is -3.80. The predicted octanol–water partition coefficient (Wildman–Crippen LogP) is 3.70. The van der Waals surface area contributed by atoms with Crippen LogP contribution in [0, 0.1) is 0 Å². The van der Waals surface area contributed by atoms with E-state index in [0.29, 0.717) is 17.8 Å². The van der Waals surface area contributed by atoms with Gasteiger partial charge in [-0.25, -0.2) is 4.98 Å². The number of pyridine rings is 2. The number of carbonyl (C=O) groups is 2. The molecule has 30 heavy (non-hydrogen) atoms. The van der Waals surface area contributed by atoms with E-state index in [1.807, 2.05) is 38.1 Å². The van der Waals surface area contributed by atoms with E-state index < -0.39 is 0 Å². The summed E-state index contributed by atoms with van der Waals surface area (Å²) in [6.07, 6.45) is 6.01. The van der Waals surface area contributed by atoms with E-state index in [4.69, 9.17) is 0 Å². The van der Waals surface area contributed by atoms with Crippen molar-refractivity contribution in [1.29, 1.82) is 0 Å². The molecule has 0 saturated heterocycles. The molecular formula is C24H20N4O2. The van der Waals surface area contributed by atoms with Gasteiger partial charge in [-0.1, -0.05) is 12.1 Å². The van der Waals surface area contributed by atoms with Gasteiger partial charge in [0.25, 0.3) is 11.8 Å². The molecule has 0 unspecified atom stereocenters. The largest absolute Gasteiger partial charge is 0.343 e. The van der Waals surface area contributed by atoms with Crippen molar-refractivity contribution in [3.05, 3.63) is 94.4 Å². The minimum Gasteiger partial charge on any atom is -0.343 e. The summed E-state index contributed by atoms with van der Waals surface area (Å²) in [5.41, 5.74) is 6.02. The van der Waals surface area contributed by atoms with Gasteiger partial charge in [0.15, 0.2) is 0 Å². The van der Waals surface area contributed by atoms with E-state index in [0.717, 1.165) is 33.5 Å². The quantitative estimate of drug-likeness (QED) is 0.707. The summed E-state index contributed by atoms with van der Waals surface area (Å²) in [6.45, 7) is 4.02. The van der Waals surface area contributed by atoms with Crippen molar-refractivity contribution in [3.8, 4) is 0 Å². The number of nitrogens with zero attached hydrogens (tertiary/aromatic N) is 2. The SMILES string of the molecule is CC1(C)NC(=O)c2ccc(C3=CCc4nc(NC(=O)c5ccncc5)ccc43)cc21. The fraction of sp³-hybridized carbons (Fsp3) is 0.167. The first-order chi connectivity index (χ1) is 14.4. The summed E-state index contributed by atoms with van der Waals surface area (Å²) >= 11 is 0. The molecule has 2 N–H and O–H groups in total. The third-order valence-electron chi connectivity index (χ3n) is 5.62. The highest BCUT2D eigenvalue weighted by Gasteiger charge is 2.35. The van der Waals surface area contributed by atoms with E-state index >= 15 is 0 Å². The number of carbonyl (C=O) groups excluding carboxylic acids is 2. The van der Waals surface area contributed by atoms with Crippen LogP contribution in [0.15, 0.2) is 60.9 Å². The van der Waals surface area contributed by atoms with Crippen LogP contribution >= 0.6 is 0 Å². The third-order valence-corrected chi connectivity index (χ3v) is 5.62. The Bertz CT molecular complexity index is 1230. The van der Waals surface area contributed by atoms with Crippen molar-refractivity contribution in [2.45, 2.75) is 25.8 Å². The fourth-order valence-electron chi connectivity index (χ4n) is 4.09. The first-order valence-corrected chi connectivity index (χ1v) is 9.82. The van der Waals surface area contributed by atoms with Crippen LogP contribution in [0.25, 0.3) is 5.57 Å². The van der Waals surface area contributed by atoms with Crippen LogP contribution in [0.1, 0.15) is 56.9 Å². The van der Waals surface area contributed by atoms with Gasteiger partial charge in [0.2, 0.25) is 0 Å². The molecule has 0 bridgehead atoms. The molecular weight excluding hydrogens is 376 g/mol. The van der Waals surface area contributed by atoms with Gasteiger partial charge < -0.3 is 10.6 Å². The highest BCUT2D eigenvalue weighted by molar-refractivity contribution is 6.04. The number of allylic oxidation sites excluding steroid dienone is 1. The lowest BCUT2D eigenvalue weighted by molar-refractivity contribution is 0.0939. The van der Waals surface area contributed by atoms with Gasteiger partial charge >= 0.3 is 0 Å². The van der Waals surface area contributed by atoms with Gasteiger partial charge in [0.1, 0.15) is 5.82 Å². The Morgan fingerprint density at radius 3 is 2.63 bits per heavy atom. The Morgan fingerprint density at radius 1 is 1.07 bits per heavy atom. The van der Waals surface area contributed by atoms with Crippen molar-refractivity contribution in [2.24, 2.45) is 0 Å². The number of aromatic nitrogens is 2. The lowest BCUT2D eigenvalue weighted by atomic mass is 9.90. The van der Waals surface area contributed by atoms with Crippen LogP contribution < -0.4 is 10.6 Å². The lowest BCUT2D eigenvalue weighted by Gasteiger charge is -2.20. The molecule has 0 radical (unpaired) electrons. The number of hydrogen-bond donors (Lipinski definition) is 2. The number of hydrogen-bond acceptors (Lipinski definition) is 4. The number of amides is 2. The molecule has 1 aliphatic carbocycles. The molecule has 2 amide bonds. The summed E-state index contributed by atoms with van der Waals surface area (Å²) in [5, 5.41) is 5.87. The van der Waals surface area contributed by atoms with Gasteiger partial charge in [-0.05, 0) is 66.9 Å². The first-order valence-electron chi connectivity index (χ1n) is 9.82. The maximum atomic E-state index is 12.4. The van der Waals surface area contributed by atoms with Crippen LogP contribution in [-0.4, -0.2) is 21.8 Å². The number of fused-ring (bicyclic) bond motifs is 2. The zero-order valence-electron chi connectivity index (χ0n) is 16.7. The molecule has 1 aromatic carbocycles. The average Bonchev–Trinajstić information content (AvgIpc) is 3.26. The zero-order valence-corrected chi connectivity index (χ0v) is 16.7. The van der Waals surface area contributed by atoms with Gasteiger partial charge in [-0.2, -0.15) is 0 Å². The molecule has 3 heterocycles. The monoisotopic (exact) mass is 396 g/mol. The van der Waals surface area contributed by atoms with E-state index in [9.17, 15) is 9.59 Å². The second kappa shape index (κ2) is 6.62. The summed E-state index contributed by atoms with van der Waals surface area (Å²) in [4.78, 5) is 33.1. The Labute approximate surface area is 174 Å². The van der Waals surface area contributed by atoms with Crippen LogP contribution in [-0.2, 0) is 12.0 Å². The maximum absolute atomic E-state index is 12.4. The second-order valence-corrected chi connectivity index (χ2v) is 8.04. The highest BCUT2D eigenvalue weighted by atomic mass is 16.2. The number of anilines is 1. The molecule has 0 atom stereocenters. The van der Waals surface area contributed by atoms with Gasteiger partial charge in [0, 0.05) is 35.5 Å². The number of nitrogens with one attached hydrogen (secondary N) is 2. The van der Waals surface area contributed by atoms with Crippen LogP contribution in [0.3, 0.4) is 0 Å². The Balaban J connectivity index is 1.42.